The van der Waals surface area contributed by atoms with Gasteiger partial charge in [-0.05, 0) is 56.2 Å². The van der Waals surface area contributed by atoms with Gasteiger partial charge in [-0.25, -0.2) is 12.8 Å². The lowest BCUT2D eigenvalue weighted by molar-refractivity contribution is 0.0739. The van der Waals surface area contributed by atoms with E-state index in [0.29, 0.717) is 37.2 Å². The molecule has 1 saturated heterocycles. The summed E-state index contributed by atoms with van der Waals surface area (Å²) >= 11 is 0. The normalized spacial score (nSPS) is 17.3. The molecular formula is C25H28F2N2O5S. The highest BCUT2D eigenvalue weighted by Gasteiger charge is 2.44. The van der Waals surface area contributed by atoms with Gasteiger partial charge in [-0.1, -0.05) is 0 Å². The van der Waals surface area contributed by atoms with Crippen molar-refractivity contribution in [3.8, 4) is 5.75 Å². The molecule has 0 atom stereocenters. The van der Waals surface area contributed by atoms with Crippen molar-refractivity contribution >= 4 is 27.2 Å². The van der Waals surface area contributed by atoms with Crippen LogP contribution in [0.4, 0.5) is 14.5 Å². The van der Waals surface area contributed by atoms with Gasteiger partial charge in [-0.15, -0.1) is 0 Å². The van der Waals surface area contributed by atoms with Crippen molar-refractivity contribution in [3.63, 3.8) is 0 Å². The van der Waals surface area contributed by atoms with E-state index in [1.54, 1.807) is 21.9 Å². The van der Waals surface area contributed by atoms with E-state index in [2.05, 4.69) is 0 Å². The standard InChI is InChI=1S/C25H28F2N2O5S/c1-17(30)18-3-5-22(21(27)13-18)28-9-11-29(12-10-28)24(31)20-14-19(35(2,32)33)4-6-23(20)34-16-25(15-26)7-8-25/h3-6,13-14H,7-12,15-16H2,1-2H3. The number of carbonyl (C=O) groups excluding carboxylic acids is 2. The largest absolute Gasteiger partial charge is 0.492 e. The monoisotopic (exact) mass is 506 g/mol. The Labute approximate surface area is 203 Å². The van der Waals surface area contributed by atoms with Crippen LogP contribution in [0.1, 0.15) is 40.5 Å². The molecule has 1 amide bonds. The van der Waals surface area contributed by atoms with Crippen molar-refractivity contribution in [2.45, 2.75) is 24.7 Å². The number of benzene rings is 2. The second-order valence-electron chi connectivity index (χ2n) is 9.35. The van der Waals surface area contributed by atoms with Crippen molar-refractivity contribution in [2.24, 2.45) is 5.41 Å². The fourth-order valence-corrected chi connectivity index (χ4v) is 4.71. The van der Waals surface area contributed by atoms with Crippen LogP contribution in [-0.4, -0.2) is 70.7 Å². The summed E-state index contributed by atoms with van der Waals surface area (Å²) in [4.78, 5) is 28.2. The molecule has 0 N–H and O–H groups in total. The van der Waals surface area contributed by atoms with E-state index in [9.17, 15) is 26.8 Å². The predicted molar refractivity (Wildman–Crippen MR) is 127 cm³/mol. The molecule has 2 fully saturated rings. The number of carbonyl (C=O) groups is 2. The first-order chi connectivity index (χ1) is 16.5. The zero-order chi connectivity index (χ0) is 25.4. The summed E-state index contributed by atoms with van der Waals surface area (Å²) in [5.41, 5.74) is 0.224. The lowest BCUT2D eigenvalue weighted by atomic mass is 10.1. The third-order valence-electron chi connectivity index (χ3n) is 6.65. The van der Waals surface area contributed by atoms with E-state index < -0.39 is 33.7 Å². The third kappa shape index (κ3) is 5.47. The van der Waals surface area contributed by atoms with Gasteiger partial charge in [0.25, 0.3) is 5.91 Å². The first-order valence-electron chi connectivity index (χ1n) is 11.4. The summed E-state index contributed by atoms with van der Waals surface area (Å²) in [5, 5.41) is 0. The molecule has 0 spiro atoms. The number of anilines is 1. The number of rotatable bonds is 8. The third-order valence-corrected chi connectivity index (χ3v) is 7.76. The van der Waals surface area contributed by atoms with Crippen LogP contribution >= 0.6 is 0 Å². The van der Waals surface area contributed by atoms with Gasteiger partial charge in [0.2, 0.25) is 0 Å². The van der Waals surface area contributed by atoms with Gasteiger partial charge in [0, 0.05) is 43.4 Å². The van der Waals surface area contributed by atoms with Crippen LogP contribution in [-0.2, 0) is 9.84 Å². The number of piperazine rings is 1. The number of amides is 1. The molecule has 0 aromatic heterocycles. The van der Waals surface area contributed by atoms with Crippen LogP contribution in [0.25, 0.3) is 0 Å². The molecule has 1 aliphatic carbocycles. The van der Waals surface area contributed by atoms with Crippen molar-refractivity contribution in [3.05, 3.63) is 53.3 Å². The molecule has 0 unspecified atom stereocenters. The zero-order valence-electron chi connectivity index (χ0n) is 19.7. The number of alkyl halides is 1. The molecule has 0 bridgehead atoms. The topological polar surface area (TPSA) is 84.0 Å². The summed E-state index contributed by atoms with van der Waals surface area (Å²) in [7, 11) is -3.56. The summed E-state index contributed by atoms with van der Waals surface area (Å²) in [6.45, 7) is 2.25. The Morgan fingerprint density at radius 3 is 2.29 bits per heavy atom. The summed E-state index contributed by atoms with van der Waals surface area (Å²) in [5.74, 6) is -0.909. The predicted octanol–water partition coefficient (Wildman–Crippen LogP) is 3.52. The van der Waals surface area contributed by atoms with Crippen LogP contribution in [0.2, 0.25) is 0 Å². The van der Waals surface area contributed by atoms with Gasteiger partial charge in [0.15, 0.2) is 15.6 Å². The van der Waals surface area contributed by atoms with Gasteiger partial charge in [0.1, 0.15) is 11.6 Å². The SMILES string of the molecule is CC(=O)c1ccc(N2CCN(C(=O)c3cc(S(C)(=O)=O)ccc3OCC3(CF)CC3)CC2)c(F)c1. The van der Waals surface area contributed by atoms with E-state index >= 15 is 0 Å². The fraction of sp³-hybridized carbons (Fsp3) is 0.440. The van der Waals surface area contributed by atoms with Crippen molar-refractivity contribution in [2.75, 3.05) is 50.6 Å². The average molecular weight is 507 g/mol. The smallest absolute Gasteiger partial charge is 0.257 e. The maximum absolute atomic E-state index is 14.6. The molecule has 7 nitrogen and oxygen atoms in total. The molecule has 188 valence electrons. The molecule has 35 heavy (non-hydrogen) atoms. The Hall–Kier alpha value is -3.01. The van der Waals surface area contributed by atoms with E-state index in [1.807, 2.05) is 0 Å². The van der Waals surface area contributed by atoms with Crippen LogP contribution in [0.3, 0.4) is 0 Å². The number of halogens is 2. The quantitative estimate of drug-likeness (QED) is 0.510. The summed E-state index contributed by atoms with van der Waals surface area (Å²) in [6, 6.07) is 8.46. The highest BCUT2D eigenvalue weighted by molar-refractivity contribution is 7.90. The molecule has 10 heteroatoms. The Morgan fingerprint density at radius 2 is 1.74 bits per heavy atom. The molecule has 1 aliphatic heterocycles. The van der Waals surface area contributed by atoms with Crippen LogP contribution in [0.15, 0.2) is 41.3 Å². The Bertz CT molecular complexity index is 1250. The van der Waals surface area contributed by atoms with Crippen LogP contribution < -0.4 is 9.64 Å². The Balaban J connectivity index is 1.51. The maximum Gasteiger partial charge on any atom is 0.257 e. The first kappa shape index (κ1) is 25.1. The fourth-order valence-electron chi connectivity index (χ4n) is 4.06. The molecule has 2 aromatic carbocycles. The molecule has 1 heterocycles. The van der Waals surface area contributed by atoms with Crippen molar-refractivity contribution in [1.82, 2.24) is 4.90 Å². The lowest BCUT2D eigenvalue weighted by Gasteiger charge is -2.36. The molecule has 2 aromatic rings. The number of ketones is 1. The van der Waals surface area contributed by atoms with E-state index in [4.69, 9.17) is 4.74 Å². The van der Waals surface area contributed by atoms with Crippen LogP contribution in [0.5, 0.6) is 5.75 Å². The molecule has 4 rings (SSSR count). The number of ether oxygens (including phenoxy) is 1. The lowest BCUT2D eigenvalue weighted by Crippen LogP contribution is -2.49. The number of nitrogens with zero attached hydrogens (tertiary/aromatic N) is 2. The van der Waals surface area contributed by atoms with Gasteiger partial charge in [-0.2, -0.15) is 0 Å². The van der Waals surface area contributed by atoms with E-state index in [0.717, 1.165) is 6.26 Å². The number of hydrogen-bond acceptors (Lipinski definition) is 6. The van der Waals surface area contributed by atoms with Crippen molar-refractivity contribution in [1.29, 1.82) is 0 Å². The van der Waals surface area contributed by atoms with Gasteiger partial charge in [-0.3, -0.25) is 14.0 Å². The summed E-state index contributed by atoms with van der Waals surface area (Å²) < 4.78 is 57.8. The number of Topliss-reactive ketones (excluding diaryl/α,β-unsaturated/α-hetero) is 1. The van der Waals surface area contributed by atoms with Gasteiger partial charge < -0.3 is 14.5 Å². The van der Waals surface area contributed by atoms with Crippen LogP contribution in [0, 0.1) is 11.2 Å². The van der Waals surface area contributed by atoms with E-state index in [-0.39, 0.29) is 41.7 Å². The second kappa shape index (κ2) is 9.56. The molecule has 1 saturated carbocycles. The maximum atomic E-state index is 14.6. The molecule has 2 aliphatic rings. The second-order valence-corrected chi connectivity index (χ2v) is 11.4. The van der Waals surface area contributed by atoms with Gasteiger partial charge >= 0.3 is 0 Å². The Kier molecular flexibility index (Phi) is 6.86. The number of sulfone groups is 1. The van der Waals surface area contributed by atoms with Gasteiger partial charge in [0.05, 0.1) is 29.4 Å². The highest BCUT2D eigenvalue weighted by atomic mass is 32.2. The molecular weight excluding hydrogens is 478 g/mol. The Morgan fingerprint density at radius 1 is 1.06 bits per heavy atom. The number of hydrogen-bond donors (Lipinski definition) is 0. The summed E-state index contributed by atoms with van der Waals surface area (Å²) in [6.07, 6.45) is 2.48. The minimum Gasteiger partial charge on any atom is -0.492 e. The highest BCUT2D eigenvalue weighted by Crippen LogP contribution is 2.46. The molecule has 0 radical (unpaired) electrons. The van der Waals surface area contributed by atoms with Crippen molar-refractivity contribution < 1.29 is 31.5 Å². The first-order valence-corrected chi connectivity index (χ1v) is 13.3. The average Bonchev–Trinajstić information content (AvgIpc) is 3.62. The minimum absolute atomic E-state index is 0.00825. The zero-order valence-corrected chi connectivity index (χ0v) is 20.5. The van der Waals surface area contributed by atoms with E-state index in [1.165, 1.54) is 31.2 Å². The minimum atomic E-state index is -3.56.